The number of carboxylic acids is 1. The fourth-order valence-corrected chi connectivity index (χ4v) is 2.40. The Hall–Kier alpha value is -2.14. The number of aromatic nitrogens is 1. The predicted molar refractivity (Wildman–Crippen MR) is 71.0 cm³/mol. The van der Waals surface area contributed by atoms with Gasteiger partial charge in [-0.1, -0.05) is 18.2 Å². The van der Waals surface area contributed by atoms with Crippen molar-refractivity contribution in [2.24, 2.45) is 0 Å². The average molecular weight is 258 g/mol. The van der Waals surface area contributed by atoms with Crippen LogP contribution < -0.4 is 5.32 Å². The molecule has 3 N–H and O–H groups in total. The number of aliphatic hydroxyl groups is 1. The van der Waals surface area contributed by atoms with Crippen LogP contribution >= 0.6 is 0 Å². The summed E-state index contributed by atoms with van der Waals surface area (Å²) in [5, 5.41) is 23.1. The monoisotopic (exact) mass is 258 g/mol. The van der Waals surface area contributed by atoms with Crippen molar-refractivity contribution in [3.05, 3.63) is 35.9 Å². The summed E-state index contributed by atoms with van der Waals surface area (Å²) in [7, 11) is 0. The highest BCUT2D eigenvalue weighted by Crippen LogP contribution is 2.32. The summed E-state index contributed by atoms with van der Waals surface area (Å²) in [6, 6.07) is 8.75. The smallest absolute Gasteiger partial charge is 0.326 e. The quantitative estimate of drug-likeness (QED) is 0.728. The summed E-state index contributed by atoms with van der Waals surface area (Å²) >= 11 is 0. The van der Waals surface area contributed by atoms with Crippen molar-refractivity contribution in [1.82, 2.24) is 4.98 Å². The van der Waals surface area contributed by atoms with E-state index in [1.54, 1.807) is 0 Å². The van der Waals surface area contributed by atoms with Gasteiger partial charge in [-0.15, -0.1) is 0 Å². The standard InChI is InChI=1S/C14H14N2O3/c17-12-6-5-11(14(18)19)16-13-9(12)7-8-3-1-2-4-10(8)15-13/h1-4,7,11-12,17H,5-6H2,(H,15,16)(H,18,19). The molecule has 0 fully saturated rings. The molecule has 0 radical (unpaired) electrons. The first-order valence-electron chi connectivity index (χ1n) is 6.22. The summed E-state index contributed by atoms with van der Waals surface area (Å²) in [6.45, 7) is 0. The number of aliphatic carboxylic acids is 1. The zero-order valence-electron chi connectivity index (χ0n) is 10.2. The molecule has 19 heavy (non-hydrogen) atoms. The number of rotatable bonds is 1. The number of nitrogens with zero attached hydrogens (tertiary/aromatic N) is 1. The highest BCUT2D eigenvalue weighted by molar-refractivity contribution is 5.83. The van der Waals surface area contributed by atoms with Crippen molar-refractivity contribution in [1.29, 1.82) is 0 Å². The summed E-state index contributed by atoms with van der Waals surface area (Å²) < 4.78 is 0. The van der Waals surface area contributed by atoms with Crippen molar-refractivity contribution >= 4 is 22.7 Å². The normalized spacial score (nSPS) is 22.4. The van der Waals surface area contributed by atoms with Gasteiger partial charge in [0.15, 0.2) is 0 Å². The Morgan fingerprint density at radius 2 is 2.11 bits per heavy atom. The molecule has 0 amide bonds. The van der Waals surface area contributed by atoms with Crippen LogP contribution in [0, 0.1) is 0 Å². The lowest BCUT2D eigenvalue weighted by Gasteiger charge is -2.13. The minimum Gasteiger partial charge on any atom is -0.480 e. The van der Waals surface area contributed by atoms with E-state index in [0.717, 1.165) is 10.9 Å². The molecule has 2 heterocycles. The zero-order valence-corrected chi connectivity index (χ0v) is 10.2. The molecule has 0 saturated heterocycles. The largest absolute Gasteiger partial charge is 0.480 e. The van der Waals surface area contributed by atoms with Crippen LogP contribution in [0.3, 0.4) is 0 Å². The van der Waals surface area contributed by atoms with Crippen molar-refractivity contribution in [2.45, 2.75) is 25.0 Å². The van der Waals surface area contributed by atoms with E-state index in [1.807, 2.05) is 30.3 Å². The minimum atomic E-state index is -0.921. The lowest BCUT2D eigenvalue weighted by molar-refractivity contribution is -0.138. The number of carboxylic acid groups (broad SMARTS) is 1. The summed E-state index contributed by atoms with van der Waals surface area (Å²) in [4.78, 5) is 15.5. The van der Waals surface area contributed by atoms with E-state index >= 15 is 0 Å². The molecule has 1 aromatic heterocycles. The Balaban J connectivity index is 2.13. The molecule has 5 nitrogen and oxygen atoms in total. The highest BCUT2D eigenvalue weighted by atomic mass is 16.4. The Kier molecular flexibility index (Phi) is 2.83. The highest BCUT2D eigenvalue weighted by Gasteiger charge is 2.27. The van der Waals surface area contributed by atoms with Gasteiger partial charge in [0, 0.05) is 10.9 Å². The van der Waals surface area contributed by atoms with Gasteiger partial charge in [-0.25, -0.2) is 9.78 Å². The molecule has 5 heteroatoms. The fraction of sp³-hybridized carbons (Fsp3) is 0.286. The second-order valence-electron chi connectivity index (χ2n) is 4.75. The summed E-state index contributed by atoms with van der Waals surface area (Å²) in [6.07, 6.45) is 0.115. The van der Waals surface area contributed by atoms with Crippen molar-refractivity contribution < 1.29 is 15.0 Å². The van der Waals surface area contributed by atoms with Gasteiger partial charge in [0.05, 0.1) is 11.6 Å². The summed E-state index contributed by atoms with van der Waals surface area (Å²) in [5.41, 5.74) is 1.45. The van der Waals surface area contributed by atoms with Gasteiger partial charge in [-0.2, -0.15) is 0 Å². The van der Waals surface area contributed by atoms with E-state index in [0.29, 0.717) is 24.2 Å². The van der Waals surface area contributed by atoms with E-state index in [-0.39, 0.29) is 0 Å². The Labute approximate surface area is 109 Å². The number of benzene rings is 1. The van der Waals surface area contributed by atoms with Crippen LogP contribution in [0.1, 0.15) is 24.5 Å². The topological polar surface area (TPSA) is 82.5 Å². The number of para-hydroxylation sites is 1. The maximum atomic E-state index is 11.1. The third-order valence-electron chi connectivity index (χ3n) is 3.45. The summed E-state index contributed by atoms with van der Waals surface area (Å²) in [5.74, 6) is -0.453. The maximum absolute atomic E-state index is 11.1. The molecular formula is C14H14N2O3. The molecule has 1 aliphatic rings. The number of fused-ring (bicyclic) bond motifs is 2. The number of aliphatic hydroxyl groups excluding tert-OH is 1. The van der Waals surface area contributed by atoms with E-state index < -0.39 is 18.1 Å². The van der Waals surface area contributed by atoms with Gasteiger partial charge < -0.3 is 15.5 Å². The average Bonchev–Trinajstić information content (AvgIpc) is 2.56. The molecule has 0 aliphatic carbocycles. The van der Waals surface area contributed by atoms with E-state index in [4.69, 9.17) is 5.11 Å². The Morgan fingerprint density at radius 1 is 1.32 bits per heavy atom. The number of hydrogen-bond acceptors (Lipinski definition) is 4. The van der Waals surface area contributed by atoms with Crippen molar-refractivity contribution in [3.63, 3.8) is 0 Å². The molecule has 0 bridgehead atoms. The number of carbonyl (C=O) groups is 1. The lowest BCUT2D eigenvalue weighted by Crippen LogP contribution is -2.28. The molecule has 0 saturated carbocycles. The maximum Gasteiger partial charge on any atom is 0.326 e. The van der Waals surface area contributed by atoms with E-state index in [1.165, 1.54) is 0 Å². The minimum absolute atomic E-state index is 0.378. The molecule has 2 unspecified atom stereocenters. The van der Waals surface area contributed by atoms with Crippen molar-refractivity contribution in [3.8, 4) is 0 Å². The predicted octanol–water partition coefficient (Wildman–Crippen LogP) is 1.93. The van der Waals surface area contributed by atoms with Gasteiger partial charge >= 0.3 is 5.97 Å². The molecule has 2 atom stereocenters. The van der Waals surface area contributed by atoms with Crippen LogP contribution in [-0.4, -0.2) is 27.2 Å². The molecule has 3 rings (SSSR count). The Bertz CT molecular complexity index is 642. The van der Waals surface area contributed by atoms with E-state index in [9.17, 15) is 9.90 Å². The first-order valence-corrected chi connectivity index (χ1v) is 6.22. The van der Waals surface area contributed by atoms with Gasteiger partial charge in [0.25, 0.3) is 0 Å². The number of nitrogens with one attached hydrogen (secondary N) is 1. The van der Waals surface area contributed by atoms with E-state index in [2.05, 4.69) is 10.3 Å². The molecule has 98 valence electrons. The second-order valence-corrected chi connectivity index (χ2v) is 4.75. The second kappa shape index (κ2) is 4.51. The molecule has 2 aromatic rings. The van der Waals surface area contributed by atoms with Crippen LogP contribution in [0.25, 0.3) is 10.9 Å². The van der Waals surface area contributed by atoms with Crippen LogP contribution in [0.5, 0.6) is 0 Å². The zero-order chi connectivity index (χ0) is 13.4. The SMILES string of the molecule is O=C(O)C1CCC(O)c2cc3ccccc3nc2N1. The first-order chi connectivity index (χ1) is 9.15. The third-order valence-corrected chi connectivity index (χ3v) is 3.45. The number of pyridine rings is 1. The van der Waals surface area contributed by atoms with Gasteiger partial charge in [-0.05, 0) is 25.0 Å². The number of anilines is 1. The van der Waals surface area contributed by atoms with Crippen molar-refractivity contribution in [2.75, 3.05) is 5.32 Å². The van der Waals surface area contributed by atoms with Gasteiger partial charge in [-0.3, -0.25) is 0 Å². The first kappa shape index (κ1) is 11.9. The van der Waals surface area contributed by atoms with Crippen LogP contribution in [0.15, 0.2) is 30.3 Å². The third kappa shape index (κ3) is 2.13. The van der Waals surface area contributed by atoms with Crippen LogP contribution in [0.4, 0.5) is 5.82 Å². The fourth-order valence-electron chi connectivity index (χ4n) is 2.40. The number of hydrogen-bond donors (Lipinski definition) is 3. The van der Waals surface area contributed by atoms with Gasteiger partial charge in [0.2, 0.25) is 0 Å². The van der Waals surface area contributed by atoms with Crippen LogP contribution in [0.2, 0.25) is 0 Å². The van der Waals surface area contributed by atoms with Gasteiger partial charge in [0.1, 0.15) is 11.9 Å². The lowest BCUT2D eigenvalue weighted by atomic mass is 10.0. The molecular weight excluding hydrogens is 244 g/mol. The Morgan fingerprint density at radius 3 is 2.89 bits per heavy atom. The molecule has 1 aliphatic heterocycles. The molecule has 0 spiro atoms. The molecule has 1 aromatic carbocycles. The van der Waals surface area contributed by atoms with Crippen LogP contribution in [-0.2, 0) is 4.79 Å².